The largest absolute Gasteiger partial charge is 0.326 e. The molecule has 0 radical (unpaired) electrons. The molecule has 1 atom stereocenters. The molecule has 0 spiro atoms. The van der Waals surface area contributed by atoms with Crippen LogP contribution in [-0.2, 0) is 13.0 Å². The Labute approximate surface area is 106 Å². The van der Waals surface area contributed by atoms with Crippen molar-refractivity contribution in [1.29, 1.82) is 0 Å². The van der Waals surface area contributed by atoms with Crippen LogP contribution in [0.2, 0.25) is 0 Å². The fourth-order valence-electron chi connectivity index (χ4n) is 2.02. The third-order valence-electron chi connectivity index (χ3n) is 2.83. The molecule has 0 saturated heterocycles. The lowest BCUT2D eigenvalue weighted by molar-refractivity contribution is 0.548. The Hall–Kier alpha value is -1.00. The highest BCUT2D eigenvalue weighted by Gasteiger charge is 2.10. The fourth-order valence-corrected chi connectivity index (χ4v) is 2.46. The third-order valence-corrected chi connectivity index (χ3v) is 3.56. The summed E-state index contributed by atoms with van der Waals surface area (Å²) in [5.41, 5.74) is 8.23. The lowest BCUT2D eigenvalue weighted by Gasteiger charge is -2.07. The van der Waals surface area contributed by atoms with E-state index in [1.807, 2.05) is 11.6 Å². The number of nitrogens with zero attached hydrogens (tertiary/aromatic N) is 2. The van der Waals surface area contributed by atoms with Crippen LogP contribution >= 0.6 is 11.8 Å². The van der Waals surface area contributed by atoms with Crippen LogP contribution in [-0.4, -0.2) is 22.1 Å². The van der Waals surface area contributed by atoms with Gasteiger partial charge < -0.3 is 5.73 Å². The van der Waals surface area contributed by atoms with Gasteiger partial charge in [0.15, 0.2) is 0 Å². The smallest absolute Gasteiger partial charge is 0.0700 e. The molecule has 2 N–H and O–H groups in total. The van der Waals surface area contributed by atoms with Gasteiger partial charge >= 0.3 is 0 Å². The number of hydrogen-bond donors (Lipinski definition) is 1. The number of rotatable bonds is 4. The topological polar surface area (TPSA) is 43.8 Å². The second-order valence-corrected chi connectivity index (χ2v) is 5.22. The van der Waals surface area contributed by atoms with Gasteiger partial charge in [-0.2, -0.15) is 5.10 Å². The van der Waals surface area contributed by atoms with E-state index in [0.29, 0.717) is 0 Å². The predicted octanol–water partition coefficient (Wildman–Crippen LogP) is 2.67. The third kappa shape index (κ3) is 2.48. The molecule has 0 aliphatic carbocycles. The molecule has 0 aliphatic heterocycles. The molecule has 0 amide bonds. The van der Waals surface area contributed by atoms with Crippen LogP contribution in [0.3, 0.4) is 0 Å². The standard InChI is InChI=1S/C13H19N3S/c1-4-12-11-6-5-10(17-3)7-13(11)16(15-12)8-9(2)14/h5-7,9H,4,8,14H2,1-3H3. The SMILES string of the molecule is CCc1nn(CC(C)N)c2cc(SC)ccc12. The number of hydrogen-bond acceptors (Lipinski definition) is 3. The molecule has 1 aromatic carbocycles. The summed E-state index contributed by atoms with van der Waals surface area (Å²) in [5.74, 6) is 0. The molecule has 0 saturated carbocycles. The van der Waals surface area contributed by atoms with Crippen LogP contribution < -0.4 is 5.73 Å². The van der Waals surface area contributed by atoms with E-state index < -0.39 is 0 Å². The minimum absolute atomic E-state index is 0.126. The van der Waals surface area contributed by atoms with Gasteiger partial charge in [0, 0.05) is 16.3 Å². The highest BCUT2D eigenvalue weighted by molar-refractivity contribution is 7.98. The van der Waals surface area contributed by atoms with Crippen molar-refractivity contribution >= 4 is 22.7 Å². The maximum Gasteiger partial charge on any atom is 0.0700 e. The van der Waals surface area contributed by atoms with Gasteiger partial charge in [-0.25, -0.2) is 0 Å². The quantitative estimate of drug-likeness (QED) is 0.847. The van der Waals surface area contributed by atoms with Crippen LogP contribution in [0.25, 0.3) is 10.9 Å². The molecule has 1 aromatic heterocycles. The number of nitrogens with two attached hydrogens (primary N) is 1. The van der Waals surface area contributed by atoms with Crippen LogP contribution in [0.4, 0.5) is 0 Å². The van der Waals surface area contributed by atoms with Crippen LogP contribution in [0.15, 0.2) is 23.1 Å². The van der Waals surface area contributed by atoms with Crippen LogP contribution in [0, 0.1) is 0 Å². The zero-order valence-corrected chi connectivity index (χ0v) is 11.4. The number of benzene rings is 1. The van der Waals surface area contributed by atoms with Crippen molar-refractivity contribution < 1.29 is 0 Å². The Balaban J connectivity index is 2.57. The molecule has 92 valence electrons. The van der Waals surface area contributed by atoms with Crippen molar-refractivity contribution in [2.24, 2.45) is 5.73 Å². The second kappa shape index (κ2) is 5.10. The van der Waals surface area contributed by atoms with Crippen molar-refractivity contribution in [1.82, 2.24) is 9.78 Å². The van der Waals surface area contributed by atoms with Crippen LogP contribution in [0.5, 0.6) is 0 Å². The van der Waals surface area contributed by atoms with E-state index in [2.05, 4.69) is 36.5 Å². The van der Waals surface area contributed by atoms with E-state index >= 15 is 0 Å². The van der Waals surface area contributed by atoms with Crippen molar-refractivity contribution in [2.45, 2.75) is 37.8 Å². The lowest BCUT2D eigenvalue weighted by atomic mass is 10.2. The van der Waals surface area contributed by atoms with E-state index in [-0.39, 0.29) is 6.04 Å². The summed E-state index contributed by atoms with van der Waals surface area (Å²) in [6, 6.07) is 6.66. The Bertz CT molecular complexity index is 517. The minimum Gasteiger partial charge on any atom is -0.326 e. The Morgan fingerprint density at radius 1 is 1.47 bits per heavy atom. The van der Waals surface area contributed by atoms with Crippen LogP contribution in [0.1, 0.15) is 19.5 Å². The van der Waals surface area contributed by atoms with Crippen molar-refractivity contribution in [3.05, 3.63) is 23.9 Å². The zero-order chi connectivity index (χ0) is 12.4. The highest BCUT2D eigenvalue weighted by atomic mass is 32.2. The van der Waals surface area contributed by atoms with Gasteiger partial charge in [-0.3, -0.25) is 4.68 Å². The van der Waals surface area contributed by atoms with Gasteiger partial charge in [-0.05, 0) is 37.8 Å². The Morgan fingerprint density at radius 2 is 2.24 bits per heavy atom. The number of fused-ring (bicyclic) bond motifs is 1. The average Bonchev–Trinajstić information content (AvgIpc) is 2.66. The molecule has 2 aromatic rings. The highest BCUT2D eigenvalue weighted by Crippen LogP contribution is 2.25. The summed E-state index contributed by atoms with van der Waals surface area (Å²) in [5, 5.41) is 5.91. The molecule has 3 nitrogen and oxygen atoms in total. The first-order valence-corrected chi connectivity index (χ1v) is 7.17. The number of aryl methyl sites for hydroxylation is 1. The maximum atomic E-state index is 5.87. The van der Waals surface area contributed by atoms with Gasteiger partial charge in [0.05, 0.1) is 17.8 Å². The minimum atomic E-state index is 0.126. The first-order valence-electron chi connectivity index (χ1n) is 5.94. The fraction of sp³-hybridized carbons (Fsp3) is 0.462. The van der Waals surface area contributed by atoms with Gasteiger partial charge in [0.25, 0.3) is 0 Å². The average molecular weight is 249 g/mol. The normalized spacial score (nSPS) is 13.2. The molecule has 4 heteroatoms. The summed E-state index contributed by atoms with van der Waals surface area (Å²) >= 11 is 1.76. The van der Waals surface area contributed by atoms with Gasteiger partial charge in [0.2, 0.25) is 0 Å². The molecule has 0 fully saturated rings. The van der Waals surface area contributed by atoms with E-state index in [9.17, 15) is 0 Å². The first kappa shape index (κ1) is 12.5. The van der Waals surface area contributed by atoms with Gasteiger partial charge in [-0.15, -0.1) is 11.8 Å². The zero-order valence-electron chi connectivity index (χ0n) is 10.6. The number of thioether (sulfide) groups is 1. The van der Waals surface area contributed by atoms with E-state index in [1.54, 1.807) is 11.8 Å². The summed E-state index contributed by atoms with van der Waals surface area (Å²) in [6.45, 7) is 4.92. The summed E-state index contributed by atoms with van der Waals surface area (Å²) in [7, 11) is 0. The number of aromatic nitrogens is 2. The molecule has 2 rings (SSSR count). The van der Waals surface area contributed by atoms with E-state index in [4.69, 9.17) is 5.73 Å². The molecule has 0 aliphatic rings. The summed E-state index contributed by atoms with van der Waals surface area (Å²) in [6.07, 6.45) is 3.05. The molecule has 17 heavy (non-hydrogen) atoms. The van der Waals surface area contributed by atoms with Crippen molar-refractivity contribution in [3.8, 4) is 0 Å². The monoisotopic (exact) mass is 249 g/mol. The molecule has 0 bridgehead atoms. The lowest BCUT2D eigenvalue weighted by Crippen LogP contribution is -2.22. The first-order chi connectivity index (χ1) is 8.15. The molecular formula is C13H19N3S. The van der Waals surface area contributed by atoms with Crippen molar-refractivity contribution in [2.75, 3.05) is 6.26 Å². The van der Waals surface area contributed by atoms with Gasteiger partial charge in [0.1, 0.15) is 0 Å². The predicted molar refractivity (Wildman–Crippen MR) is 74.5 cm³/mol. The van der Waals surface area contributed by atoms with Gasteiger partial charge in [-0.1, -0.05) is 6.92 Å². The summed E-state index contributed by atoms with van der Waals surface area (Å²) in [4.78, 5) is 1.27. The molecule has 1 unspecified atom stereocenters. The molecular weight excluding hydrogens is 230 g/mol. The van der Waals surface area contributed by atoms with E-state index in [0.717, 1.165) is 18.7 Å². The second-order valence-electron chi connectivity index (χ2n) is 4.34. The Kier molecular flexibility index (Phi) is 3.74. The summed E-state index contributed by atoms with van der Waals surface area (Å²) < 4.78 is 2.04. The van der Waals surface area contributed by atoms with E-state index in [1.165, 1.54) is 15.8 Å². The van der Waals surface area contributed by atoms with Crippen molar-refractivity contribution in [3.63, 3.8) is 0 Å². The maximum absolute atomic E-state index is 5.87. The molecule has 1 heterocycles. The Morgan fingerprint density at radius 3 is 2.82 bits per heavy atom.